The maximum atomic E-state index is 5.75. The van der Waals surface area contributed by atoms with E-state index in [0.29, 0.717) is 13.2 Å². The van der Waals surface area contributed by atoms with Crippen molar-refractivity contribution in [3.8, 4) is 5.75 Å². The van der Waals surface area contributed by atoms with E-state index in [1.54, 1.807) is 7.11 Å². The molecule has 0 unspecified atom stereocenters. The van der Waals surface area contributed by atoms with Crippen LogP contribution in [0.5, 0.6) is 5.75 Å². The van der Waals surface area contributed by atoms with E-state index < -0.39 is 0 Å². The van der Waals surface area contributed by atoms with Crippen molar-refractivity contribution in [1.29, 1.82) is 0 Å². The third-order valence-electron chi connectivity index (χ3n) is 2.72. The van der Waals surface area contributed by atoms with E-state index in [9.17, 15) is 0 Å². The number of rotatable bonds is 5. The summed E-state index contributed by atoms with van der Waals surface area (Å²) in [5.41, 5.74) is 2.17. The van der Waals surface area contributed by atoms with Crippen LogP contribution in [-0.4, -0.2) is 7.11 Å². The second-order valence-corrected chi connectivity index (χ2v) is 5.81. The molecule has 2 aromatic rings. The molecule has 2 nitrogen and oxygen atoms in total. The molecule has 0 amide bonds. The predicted octanol–water partition coefficient (Wildman–Crippen LogP) is 4.94. The highest BCUT2D eigenvalue weighted by Gasteiger charge is 2.05. The molecule has 0 aliphatic heterocycles. The second-order valence-electron chi connectivity index (χ2n) is 4.04. The summed E-state index contributed by atoms with van der Waals surface area (Å²) in [5, 5.41) is 0. The normalized spacial score (nSPS) is 10.5. The van der Waals surface area contributed by atoms with Crippen molar-refractivity contribution in [3.63, 3.8) is 0 Å². The topological polar surface area (TPSA) is 18.5 Å². The van der Waals surface area contributed by atoms with Gasteiger partial charge in [0.05, 0.1) is 20.3 Å². The Morgan fingerprint density at radius 1 is 0.947 bits per heavy atom. The Balaban J connectivity index is 2.00. The van der Waals surface area contributed by atoms with Crippen LogP contribution in [0.4, 0.5) is 0 Å². The van der Waals surface area contributed by atoms with Crippen molar-refractivity contribution in [1.82, 2.24) is 0 Å². The zero-order valence-electron chi connectivity index (χ0n) is 10.5. The molecular formula is C15H14Br2O2. The van der Waals surface area contributed by atoms with Gasteiger partial charge in [-0.2, -0.15) is 0 Å². The first-order chi connectivity index (χ1) is 9.20. The molecule has 19 heavy (non-hydrogen) atoms. The monoisotopic (exact) mass is 384 g/mol. The van der Waals surface area contributed by atoms with Gasteiger partial charge in [0.25, 0.3) is 0 Å². The van der Waals surface area contributed by atoms with Gasteiger partial charge in [0.2, 0.25) is 0 Å². The molecule has 0 spiro atoms. The van der Waals surface area contributed by atoms with E-state index in [1.165, 1.54) is 0 Å². The van der Waals surface area contributed by atoms with Gasteiger partial charge in [-0.15, -0.1) is 0 Å². The van der Waals surface area contributed by atoms with Crippen LogP contribution in [0.15, 0.2) is 51.4 Å². The average Bonchev–Trinajstić information content (AvgIpc) is 2.41. The van der Waals surface area contributed by atoms with Crippen LogP contribution in [0.3, 0.4) is 0 Å². The van der Waals surface area contributed by atoms with Crippen LogP contribution < -0.4 is 4.74 Å². The fraction of sp³-hybridized carbons (Fsp3) is 0.200. The molecular weight excluding hydrogens is 372 g/mol. The van der Waals surface area contributed by atoms with E-state index in [-0.39, 0.29) is 0 Å². The largest absolute Gasteiger partial charge is 0.496 e. The molecule has 2 aromatic carbocycles. The van der Waals surface area contributed by atoms with Crippen molar-refractivity contribution in [2.75, 3.05) is 7.11 Å². The molecule has 0 N–H and O–H groups in total. The summed E-state index contributed by atoms with van der Waals surface area (Å²) in [4.78, 5) is 0. The van der Waals surface area contributed by atoms with Crippen LogP contribution in [0.2, 0.25) is 0 Å². The Bertz CT molecular complexity index is 556. The maximum Gasteiger partial charge on any atom is 0.124 e. The molecule has 0 saturated carbocycles. The summed E-state index contributed by atoms with van der Waals surface area (Å²) in [6.07, 6.45) is 0. The SMILES string of the molecule is COc1ccc(Br)cc1COCc1ccccc1Br. The summed E-state index contributed by atoms with van der Waals surface area (Å²) in [6, 6.07) is 13.9. The smallest absolute Gasteiger partial charge is 0.124 e. The fourth-order valence-electron chi connectivity index (χ4n) is 1.75. The zero-order valence-corrected chi connectivity index (χ0v) is 13.7. The van der Waals surface area contributed by atoms with E-state index >= 15 is 0 Å². The molecule has 0 heterocycles. The standard InChI is InChI=1S/C15H14Br2O2/c1-18-15-7-6-13(16)8-12(15)10-19-9-11-4-2-3-5-14(11)17/h2-8H,9-10H2,1H3. The van der Waals surface area contributed by atoms with Crippen LogP contribution >= 0.6 is 31.9 Å². The number of hydrogen-bond acceptors (Lipinski definition) is 2. The lowest BCUT2D eigenvalue weighted by molar-refractivity contribution is 0.105. The summed E-state index contributed by atoms with van der Waals surface area (Å²) in [6.45, 7) is 1.08. The van der Waals surface area contributed by atoms with Gasteiger partial charge >= 0.3 is 0 Å². The number of methoxy groups -OCH3 is 1. The summed E-state index contributed by atoms with van der Waals surface area (Å²) in [7, 11) is 1.67. The van der Waals surface area contributed by atoms with Gasteiger partial charge in [-0.25, -0.2) is 0 Å². The molecule has 0 aliphatic carbocycles. The Labute approximate surface area is 130 Å². The lowest BCUT2D eigenvalue weighted by atomic mass is 10.2. The molecule has 0 radical (unpaired) electrons. The van der Waals surface area contributed by atoms with Gasteiger partial charge in [0, 0.05) is 14.5 Å². The molecule has 2 rings (SSSR count). The highest BCUT2D eigenvalue weighted by Crippen LogP contribution is 2.24. The number of halogens is 2. The maximum absolute atomic E-state index is 5.75. The molecule has 0 aromatic heterocycles. The first-order valence-electron chi connectivity index (χ1n) is 5.84. The van der Waals surface area contributed by atoms with Crippen molar-refractivity contribution in [2.45, 2.75) is 13.2 Å². The van der Waals surface area contributed by atoms with Crippen LogP contribution in [0.1, 0.15) is 11.1 Å². The van der Waals surface area contributed by atoms with Crippen molar-refractivity contribution < 1.29 is 9.47 Å². The first-order valence-corrected chi connectivity index (χ1v) is 7.43. The fourth-order valence-corrected chi connectivity index (χ4v) is 2.55. The summed E-state index contributed by atoms with van der Waals surface area (Å²) in [5.74, 6) is 0.843. The van der Waals surface area contributed by atoms with Crippen LogP contribution in [-0.2, 0) is 18.0 Å². The molecule has 0 aliphatic rings. The highest BCUT2D eigenvalue weighted by atomic mass is 79.9. The molecule has 0 bridgehead atoms. The molecule has 100 valence electrons. The van der Waals surface area contributed by atoms with E-state index in [1.807, 2.05) is 42.5 Å². The highest BCUT2D eigenvalue weighted by molar-refractivity contribution is 9.10. The summed E-state index contributed by atoms with van der Waals surface area (Å²) < 4.78 is 13.2. The van der Waals surface area contributed by atoms with Crippen molar-refractivity contribution >= 4 is 31.9 Å². The lowest BCUT2D eigenvalue weighted by Crippen LogP contribution is -1.98. The average molecular weight is 386 g/mol. The number of benzene rings is 2. The third kappa shape index (κ3) is 4.06. The zero-order chi connectivity index (χ0) is 13.7. The quantitative estimate of drug-likeness (QED) is 0.725. The van der Waals surface area contributed by atoms with E-state index in [0.717, 1.165) is 25.8 Å². The Morgan fingerprint density at radius 3 is 2.42 bits per heavy atom. The molecule has 0 atom stereocenters. The minimum Gasteiger partial charge on any atom is -0.496 e. The third-order valence-corrected chi connectivity index (χ3v) is 3.98. The predicted molar refractivity (Wildman–Crippen MR) is 83.3 cm³/mol. The van der Waals surface area contributed by atoms with Gasteiger partial charge in [-0.1, -0.05) is 50.1 Å². The van der Waals surface area contributed by atoms with Crippen LogP contribution in [0, 0.1) is 0 Å². The molecule has 0 fully saturated rings. The van der Waals surface area contributed by atoms with Gasteiger partial charge in [-0.05, 0) is 29.8 Å². The lowest BCUT2D eigenvalue weighted by Gasteiger charge is -2.10. The van der Waals surface area contributed by atoms with E-state index in [4.69, 9.17) is 9.47 Å². The van der Waals surface area contributed by atoms with Crippen LogP contribution in [0.25, 0.3) is 0 Å². The van der Waals surface area contributed by atoms with Gasteiger partial charge in [-0.3, -0.25) is 0 Å². The molecule has 4 heteroatoms. The second kappa shape index (κ2) is 7.08. The first kappa shape index (κ1) is 14.6. The number of ether oxygens (including phenoxy) is 2. The van der Waals surface area contributed by atoms with Gasteiger partial charge in [0.15, 0.2) is 0 Å². The Morgan fingerprint density at radius 2 is 1.68 bits per heavy atom. The van der Waals surface area contributed by atoms with Crippen molar-refractivity contribution in [3.05, 3.63) is 62.5 Å². The van der Waals surface area contributed by atoms with Crippen molar-refractivity contribution in [2.24, 2.45) is 0 Å². The Hall–Kier alpha value is -0.840. The Kier molecular flexibility index (Phi) is 5.43. The minimum absolute atomic E-state index is 0.518. The summed E-state index contributed by atoms with van der Waals surface area (Å²) >= 11 is 6.97. The van der Waals surface area contributed by atoms with Gasteiger partial charge < -0.3 is 9.47 Å². The van der Waals surface area contributed by atoms with E-state index in [2.05, 4.69) is 31.9 Å². The molecule has 0 saturated heterocycles. The number of hydrogen-bond donors (Lipinski definition) is 0. The minimum atomic E-state index is 0.518. The van der Waals surface area contributed by atoms with Gasteiger partial charge in [0.1, 0.15) is 5.75 Å².